The van der Waals surface area contributed by atoms with Crippen molar-refractivity contribution in [2.75, 3.05) is 6.54 Å². The van der Waals surface area contributed by atoms with E-state index in [0.29, 0.717) is 12.5 Å². The molecule has 1 atom stereocenters. The van der Waals surface area contributed by atoms with E-state index in [-0.39, 0.29) is 16.1 Å². The highest BCUT2D eigenvalue weighted by Crippen LogP contribution is 2.26. The summed E-state index contributed by atoms with van der Waals surface area (Å²) >= 11 is 5.77. The average molecular weight is 285 g/mol. The van der Waals surface area contributed by atoms with Gasteiger partial charge in [-0.1, -0.05) is 45.4 Å². The van der Waals surface area contributed by atoms with Crippen LogP contribution in [-0.4, -0.2) is 11.5 Å². The van der Waals surface area contributed by atoms with Gasteiger partial charge in [-0.05, 0) is 29.5 Å². The Balaban J connectivity index is 2.60. The Labute approximate surface area is 119 Å². The Hall–Kier alpha value is -1.13. The number of nitrogens with zero attached hydrogens (tertiary/aromatic N) is 1. The molecule has 1 N–H and O–H groups in total. The van der Waals surface area contributed by atoms with Crippen LogP contribution in [0, 0.1) is 21.4 Å². The van der Waals surface area contributed by atoms with Crippen molar-refractivity contribution in [2.24, 2.45) is 11.3 Å². The van der Waals surface area contributed by atoms with Gasteiger partial charge in [0.15, 0.2) is 0 Å². The maximum atomic E-state index is 10.8. The molecule has 0 fully saturated rings. The SMILES string of the molecule is CC(CNCc1ccc(Cl)c([N+](=O)[O-])c1)C(C)(C)C. The molecule has 1 rings (SSSR count). The molecule has 1 aromatic carbocycles. The number of nitrogens with one attached hydrogen (secondary N) is 1. The molecule has 0 bridgehead atoms. The van der Waals surface area contributed by atoms with Gasteiger partial charge in [0, 0.05) is 12.6 Å². The molecular weight excluding hydrogens is 264 g/mol. The monoisotopic (exact) mass is 284 g/mol. The van der Waals surface area contributed by atoms with Gasteiger partial charge in [0.05, 0.1) is 4.92 Å². The predicted octanol–water partition coefficient (Wildman–Crippen LogP) is 4.02. The topological polar surface area (TPSA) is 55.2 Å². The highest BCUT2D eigenvalue weighted by molar-refractivity contribution is 6.32. The lowest BCUT2D eigenvalue weighted by Crippen LogP contribution is -2.29. The smallest absolute Gasteiger partial charge is 0.288 e. The molecule has 1 unspecified atom stereocenters. The quantitative estimate of drug-likeness (QED) is 0.656. The summed E-state index contributed by atoms with van der Waals surface area (Å²) in [4.78, 5) is 10.3. The summed E-state index contributed by atoms with van der Waals surface area (Å²) in [6, 6.07) is 4.91. The number of benzene rings is 1. The van der Waals surface area contributed by atoms with Gasteiger partial charge < -0.3 is 5.32 Å². The molecule has 0 amide bonds. The van der Waals surface area contributed by atoms with E-state index in [4.69, 9.17) is 11.6 Å². The minimum absolute atomic E-state index is 0.0372. The van der Waals surface area contributed by atoms with Crippen molar-refractivity contribution in [1.29, 1.82) is 0 Å². The van der Waals surface area contributed by atoms with Crippen molar-refractivity contribution in [3.63, 3.8) is 0 Å². The molecule has 0 heterocycles. The molecule has 19 heavy (non-hydrogen) atoms. The second-order valence-electron chi connectivity index (χ2n) is 5.94. The number of nitro groups is 1. The molecule has 0 aliphatic heterocycles. The minimum Gasteiger partial charge on any atom is -0.312 e. The number of rotatable bonds is 5. The Bertz CT molecular complexity index is 455. The van der Waals surface area contributed by atoms with Crippen LogP contribution < -0.4 is 5.32 Å². The van der Waals surface area contributed by atoms with Crippen LogP contribution in [-0.2, 0) is 6.54 Å². The number of hydrogen-bond acceptors (Lipinski definition) is 3. The van der Waals surface area contributed by atoms with Crippen LogP contribution in [0.5, 0.6) is 0 Å². The van der Waals surface area contributed by atoms with Crippen LogP contribution in [0.15, 0.2) is 18.2 Å². The standard InChI is InChI=1S/C14H21ClN2O2/c1-10(14(2,3)4)8-16-9-11-5-6-12(15)13(7-11)17(18)19/h5-7,10,16H,8-9H2,1-4H3. The van der Waals surface area contributed by atoms with Crippen molar-refractivity contribution in [2.45, 2.75) is 34.2 Å². The maximum absolute atomic E-state index is 10.8. The summed E-state index contributed by atoms with van der Waals surface area (Å²) in [6.07, 6.45) is 0. The molecule has 0 aliphatic carbocycles. The first kappa shape index (κ1) is 15.9. The van der Waals surface area contributed by atoms with Gasteiger partial charge in [-0.3, -0.25) is 10.1 Å². The zero-order chi connectivity index (χ0) is 14.6. The van der Waals surface area contributed by atoms with E-state index in [1.165, 1.54) is 6.07 Å². The number of nitro benzene ring substituents is 1. The maximum Gasteiger partial charge on any atom is 0.288 e. The lowest BCUT2D eigenvalue weighted by Gasteiger charge is -2.27. The first-order chi connectivity index (χ1) is 8.71. The summed E-state index contributed by atoms with van der Waals surface area (Å²) in [5.41, 5.74) is 1.08. The van der Waals surface area contributed by atoms with Crippen molar-refractivity contribution >= 4 is 17.3 Å². The third-order valence-electron chi connectivity index (χ3n) is 3.47. The molecular formula is C14H21ClN2O2. The van der Waals surface area contributed by atoms with Gasteiger partial charge in [-0.15, -0.1) is 0 Å². The Morgan fingerprint density at radius 3 is 2.58 bits per heavy atom. The highest BCUT2D eigenvalue weighted by atomic mass is 35.5. The fourth-order valence-electron chi connectivity index (χ4n) is 1.55. The van der Waals surface area contributed by atoms with Crippen molar-refractivity contribution in [3.05, 3.63) is 38.9 Å². The predicted molar refractivity (Wildman–Crippen MR) is 78.4 cm³/mol. The molecule has 4 nitrogen and oxygen atoms in total. The van der Waals surface area contributed by atoms with E-state index in [1.807, 2.05) is 6.07 Å². The average Bonchev–Trinajstić information content (AvgIpc) is 2.29. The summed E-state index contributed by atoms with van der Waals surface area (Å²) in [5.74, 6) is 0.523. The molecule has 1 aromatic rings. The molecule has 0 saturated heterocycles. The van der Waals surface area contributed by atoms with Gasteiger partial charge >= 0.3 is 0 Å². The van der Waals surface area contributed by atoms with E-state index in [1.54, 1.807) is 6.07 Å². The van der Waals surface area contributed by atoms with Crippen LogP contribution in [0.25, 0.3) is 0 Å². The van der Waals surface area contributed by atoms with Gasteiger partial charge in [-0.25, -0.2) is 0 Å². The lowest BCUT2D eigenvalue weighted by atomic mass is 9.82. The van der Waals surface area contributed by atoms with Gasteiger partial charge in [0.1, 0.15) is 5.02 Å². The fourth-order valence-corrected chi connectivity index (χ4v) is 1.73. The summed E-state index contributed by atoms with van der Waals surface area (Å²) in [7, 11) is 0. The minimum atomic E-state index is -0.455. The number of hydrogen-bond donors (Lipinski definition) is 1. The van der Waals surface area contributed by atoms with Crippen molar-refractivity contribution in [1.82, 2.24) is 5.32 Å². The molecule has 0 radical (unpaired) electrons. The molecule has 0 saturated carbocycles. The van der Waals surface area contributed by atoms with Crippen LogP contribution in [0.3, 0.4) is 0 Å². The van der Waals surface area contributed by atoms with E-state index in [0.717, 1.165) is 12.1 Å². The van der Waals surface area contributed by atoms with Crippen LogP contribution in [0.1, 0.15) is 33.3 Å². The molecule has 0 aliphatic rings. The lowest BCUT2D eigenvalue weighted by molar-refractivity contribution is -0.384. The Kier molecular flexibility index (Phi) is 5.32. The first-order valence-electron chi connectivity index (χ1n) is 6.35. The van der Waals surface area contributed by atoms with E-state index in [9.17, 15) is 10.1 Å². The van der Waals surface area contributed by atoms with E-state index in [2.05, 4.69) is 33.0 Å². The Morgan fingerprint density at radius 1 is 1.42 bits per heavy atom. The second-order valence-corrected chi connectivity index (χ2v) is 6.35. The van der Waals surface area contributed by atoms with Crippen LogP contribution in [0.2, 0.25) is 5.02 Å². The zero-order valence-electron chi connectivity index (χ0n) is 11.9. The number of halogens is 1. The zero-order valence-corrected chi connectivity index (χ0v) is 12.6. The largest absolute Gasteiger partial charge is 0.312 e. The van der Waals surface area contributed by atoms with Crippen molar-refractivity contribution < 1.29 is 4.92 Å². The third kappa shape index (κ3) is 4.80. The summed E-state index contributed by atoms with van der Waals surface area (Å²) in [6.45, 7) is 10.3. The van der Waals surface area contributed by atoms with E-state index >= 15 is 0 Å². The normalized spacial score (nSPS) is 13.3. The molecule has 106 valence electrons. The highest BCUT2D eigenvalue weighted by Gasteiger charge is 2.19. The molecule has 5 heteroatoms. The van der Waals surface area contributed by atoms with Crippen LogP contribution in [0.4, 0.5) is 5.69 Å². The van der Waals surface area contributed by atoms with Crippen molar-refractivity contribution in [3.8, 4) is 0 Å². The van der Waals surface area contributed by atoms with Gasteiger partial charge in [0.25, 0.3) is 5.69 Å². The van der Waals surface area contributed by atoms with Crippen LogP contribution >= 0.6 is 11.6 Å². The van der Waals surface area contributed by atoms with E-state index < -0.39 is 4.92 Å². The third-order valence-corrected chi connectivity index (χ3v) is 3.78. The van der Waals surface area contributed by atoms with Gasteiger partial charge in [0.2, 0.25) is 0 Å². The summed E-state index contributed by atoms with van der Waals surface area (Å²) in [5, 5.41) is 14.3. The Morgan fingerprint density at radius 2 is 2.05 bits per heavy atom. The summed E-state index contributed by atoms with van der Waals surface area (Å²) < 4.78 is 0. The second kappa shape index (κ2) is 6.35. The fraction of sp³-hybridized carbons (Fsp3) is 0.571. The molecule has 0 aromatic heterocycles. The molecule has 0 spiro atoms. The first-order valence-corrected chi connectivity index (χ1v) is 6.73. The van der Waals surface area contributed by atoms with Gasteiger partial charge in [-0.2, -0.15) is 0 Å².